The van der Waals surface area contributed by atoms with Gasteiger partial charge in [-0.15, -0.1) is 0 Å². The molecule has 1 aromatic rings. The minimum absolute atomic E-state index is 0.629. The van der Waals surface area contributed by atoms with E-state index in [-0.39, 0.29) is 0 Å². The summed E-state index contributed by atoms with van der Waals surface area (Å²) in [5.41, 5.74) is 1.47. The van der Waals surface area contributed by atoms with Crippen LogP contribution in [0.25, 0.3) is 0 Å². The molecule has 4 nitrogen and oxygen atoms in total. The van der Waals surface area contributed by atoms with Gasteiger partial charge in [0, 0.05) is 61.3 Å². The van der Waals surface area contributed by atoms with Crippen LogP contribution in [0.15, 0.2) is 24.3 Å². The van der Waals surface area contributed by atoms with Gasteiger partial charge in [-0.25, -0.2) is 0 Å². The molecule has 1 N–H and O–H groups in total. The quantitative estimate of drug-likeness (QED) is 0.313. The Morgan fingerprint density at radius 1 is 1.14 bits per heavy atom. The van der Waals surface area contributed by atoms with Crippen LogP contribution in [0.2, 0.25) is 5.02 Å². The number of hydrogen-bond donors (Lipinski definition) is 3. The number of halogens is 1. The Morgan fingerprint density at radius 2 is 1.86 bits per heavy atom. The van der Waals surface area contributed by atoms with Crippen LogP contribution < -0.4 is 5.32 Å². The average Bonchev–Trinajstić information content (AvgIpc) is 2.98. The van der Waals surface area contributed by atoms with Crippen LogP contribution in [-0.4, -0.2) is 73.2 Å². The molecule has 2 aliphatic rings. The summed E-state index contributed by atoms with van der Waals surface area (Å²) in [6, 6.07) is 10.0. The van der Waals surface area contributed by atoms with Gasteiger partial charge < -0.3 is 15.1 Å². The van der Waals surface area contributed by atoms with Gasteiger partial charge in [-0.2, -0.15) is 25.3 Å². The Labute approximate surface area is 202 Å². The average molecular weight is 542 g/mol. The molecule has 0 unspecified atom stereocenters. The van der Waals surface area contributed by atoms with Gasteiger partial charge in [0.15, 0.2) is 0 Å². The van der Waals surface area contributed by atoms with E-state index in [2.05, 4.69) is 71.7 Å². The SMILES string of the molecule is CN1[C@H]2CC[C@@H]1[C@@H](CN(CCS)CCNCCS)[C@@H](c1ccc(Cl)cc1)C2.[O]=[Tc]. The summed E-state index contributed by atoms with van der Waals surface area (Å²) in [4.78, 5) is 5.27. The molecular weight excluding hydrogens is 508 g/mol. The maximum absolute atomic E-state index is 8.22. The van der Waals surface area contributed by atoms with Crippen LogP contribution >= 0.6 is 36.9 Å². The second-order valence-electron chi connectivity index (χ2n) is 8.02. The van der Waals surface area contributed by atoms with Crippen molar-refractivity contribution < 1.29 is 22.4 Å². The standard InChI is InChI=1S/C21H34ClN3S2.O.Tc/c1-24-18-6-7-21(24)20(15-25(11-13-27)10-8-23-9-12-26)19(14-18)16-2-4-17(22)5-3-16;;/h2-5,18-21,23,26-27H,6-15H2,1H3;;/t18-,19+,20-,21+;;/m0../s1. The summed E-state index contributed by atoms with van der Waals surface area (Å²) >= 11 is 15.9. The van der Waals surface area contributed by atoms with Crippen molar-refractivity contribution in [2.45, 2.75) is 37.3 Å². The first kappa shape index (κ1) is 25.8. The van der Waals surface area contributed by atoms with Gasteiger partial charge in [0.1, 0.15) is 0 Å². The Morgan fingerprint density at radius 3 is 2.52 bits per heavy atom. The van der Waals surface area contributed by atoms with Gasteiger partial charge in [-0.05, 0) is 55.8 Å². The van der Waals surface area contributed by atoms with E-state index in [1.165, 1.54) is 24.8 Å². The summed E-state index contributed by atoms with van der Waals surface area (Å²) in [5, 5.41) is 4.32. The molecule has 2 bridgehead atoms. The molecule has 3 rings (SSSR count). The minimum atomic E-state index is 0.629. The zero-order valence-corrected chi connectivity index (χ0v) is 21.5. The van der Waals surface area contributed by atoms with E-state index >= 15 is 0 Å². The van der Waals surface area contributed by atoms with Gasteiger partial charge in [-0.3, -0.25) is 0 Å². The first-order valence-electron chi connectivity index (χ1n) is 10.4. The monoisotopic (exact) mass is 540 g/mol. The predicted molar refractivity (Wildman–Crippen MR) is 125 cm³/mol. The summed E-state index contributed by atoms with van der Waals surface area (Å²) < 4.78 is 8.22. The third-order valence-corrected chi connectivity index (χ3v) is 7.18. The van der Waals surface area contributed by atoms with Crippen molar-refractivity contribution in [1.82, 2.24) is 15.1 Å². The van der Waals surface area contributed by atoms with Crippen LogP contribution in [0.4, 0.5) is 0 Å². The number of hydrogen-bond acceptors (Lipinski definition) is 6. The van der Waals surface area contributed by atoms with Gasteiger partial charge in [-0.1, -0.05) is 23.7 Å². The molecule has 2 aliphatic heterocycles. The van der Waals surface area contributed by atoms with Crippen LogP contribution in [0.1, 0.15) is 30.7 Å². The van der Waals surface area contributed by atoms with E-state index in [0.29, 0.717) is 17.9 Å². The first-order valence-corrected chi connectivity index (χ1v) is 12.8. The number of thiol groups is 2. The maximum atomic E-state index is 8.22. The molecule has 0 spiro atoms. The summed E-state index contributed by atoms with van der Waals surface area (Å²) in [6.07, 6.45) is 3.95. The predicted octanol–water partition coefficient (Wildman–Crippen LogP) is 3.54. The molecule has 29 heavy (non-hydrogen) atoms. The third-order valence-electron chi connectivity index (χ3n) is 6.51. The molecule has 165 valence electrons. The topological polar surface area (TPSA) is 35.6 Å². The van der Waals surface area contributed by atoms with Crippen LogP contribution in [-0.2, 0) is 22.4 Å². The molecule has 0 saturated carbocycles. The van der Waals surface area contributed by atoms with E-state index in [1.807, 2.05) is 0 Å². The molecule has 8 heteroatoms. The van der Waals surface area contributed by atoms with Crippen molar-refractivity contribution in [2.75, 3.05) is 51.3 Å². The second-order valence-corrected chi connectivity index (χ2v) is 9.35. The Hall–Kier alpha value is 0.539. The number of fused-ring (bicyclic) bond motifs is 2. The van der Waals surface area contributed by atoms with Crippen molar-refractivity contribution in [2.24, 2.45) is 5.92 Å². The number of rotatable bonds is 10. The number of nitrogens with zero attached hydrogens (tertiary/aromatic N) is 2. The molecular formula is C21H34ClN3OS2Tc. The fraction of sp³-hybridized carbons (Fsp3) is 0.714. The molecule has 0 radical (unpaired) electrons. The fourth-order valence-corrected chi connectivity index (χ4v) is 5.66. The van der Waals surface area contributed by atoms with Crippen molar-refractivity contribution in [1.29, 1.82) is 0 Å². The third kappa shape index (κ3) is 7.28. The van der Waals surface area contributed by atoms with Crippen LogP contribution in [0.5, 0.6) is 0 Å². The summed E-state index contributed by atoms with van der Waals surface area (Å²) in [5.74, 6) is 3.10. The van der Waals surface area contributed by atoms with Crippen LogP contribution in [0.3, 0.4) is 0 Å². The van der Waals surface area contributed by atoms with Crippen LogP contribution in [0, 0.1) is 5.92 Å². The Kier molecular flexibility index (Phi) is 12.3. The van der Waals surface area contributed by atoms with E-state index in [4.69, 9.17) is 15.1 Å². The first-order chi connectivity index (χ1) is 14.1. The Balaban J connectivity index is 0.00000145. The second kappa shape index (κ2) is 13.8. The molecule has 2 heterocycles. The van der Waals surface area contributed by atoms with Crippen molar-refractivity contribution in [3.63, 3.8) is 0 Å². The number of piperidine rings is 1. The van der Waals surface area contributed by atoms with Crippen molar-refractivity contribution in [3.05, 3.63) is 34.9 Å². The van der Waals surface area contributed by atoms with Gasteiger partial charge in [0.2, 0.25) is 0 Å². The normalized spacial score (nSPS) is 26.4. The molecule has 0 aliphatic carbocycles. The molecule has 0 aromatic heterocycles. The molecule has 2 fully saturated rings. The summed E-state index contributed by atoms with van der Waals surface area (Å²) in [6.45, 7) is 5.28. The molecule has 1 aromatic carbocycles. The van der Waals surface area contributed by atoms with E-state index in [1.54, 1.807) is 0 Å². The number of nitrogens with one attached hydrogen (secondary N) is 1. The van der Waals surface area contributed by atoms with Gasteiger partial charge >= 0.3 is 22.4 Å². The molecule has 0 amide bonds. The fourth-order valence-electron chi connectivity index (χ4n) is 5.09. The van der Waals surface area contributed by atoms with Crippen molar-refractivity contribution in [3.8, 4) is 0 Å². The molecule has 2 saturated heterocycles. The Bertz CT molecular complexity index is 598. The number of benzene rings is 1. The zero-order valence-electron chi connectivity index (χ0n) is 17.1. The van der Waals surface area contributed by atoms with E-state index in [9.17, 15) is 0 Å². The van der Waals surface area contributed by atoms with E-state index in [0.717, 1.165) is 74.1 Å². The van der Waals surface area contributed by atoms with Gasteiger partial charge in [0.25, 0.3) is 0 Å². The molecule has 4 atom stereocenters. The van der Waals surface area contributed by atoms with E-state index < -0.39 is 0 Å². The van der Waals surface area contributed by atoms with Gasteiger partial charge in [0.05, 0.1) is 0 Å². The van der Waals surface area contributed by atoms with Crippen molar-refractivity contribution >= 4 is 36.9 Å². The summed E-state index contributed by atoms with van der Waals surface area (Å²) in [7, 11) is 2.34. The zero-order chi connectivity index (χ0) is 21.2.